The van der Waals surface area contributed by atoms with Gasteiger partial charge in [0.1, 0.15) is 5.75 Å². The summed E-state index contributed by atoms with van der Waals surface area (Å²) in [5, 5.41) is 9.23. The summed E-state index contributed by atoms with van der Waals surface area (Å²) in [7, 11) is -3.54. The van der Waals surface area contributed by atoms with Crippen LogP contribution in [-0.2, 0) is 21.3 Å². The fraction of sp³-hybridized carbons (Fsp3) is 0.130. The van der Waals surface area contributed by atoms with E-state index in [9.17, 15) is 8.42 Å². The van der Waals surface area contributed by atoms with Gasteiger partial charge in [0, 0.05) is 11.4 Å². The van der Waals surface area contributed by atoms with Crippen molar-refractivity contribution in [1.82, 2.24) is 14.8 Å². The van der Waals surface area contributed by atoms with E-state index in [1.165, 1.54) is 11.1 Å². The monoisotopic (exact) mass is 435 g/mol. The quantitative estimate of drug-likeness (QED) is 0.389. The van der Waals surface area contributed by atoms with Gasteiger partial charge in [0.2, 0.25) is 0 Å². The molecular formula is C23H21N3O2S2. The number of nitrogens with zero attached hydrogens (tertiary/aromatic N) is 3. The van der Waals surface area contributed by atoms with Crippen molar-refractivity contribution in [3.63, 3.8) is 0 Å². The molecule has 152 valence electrons. The fourth-order valence-electron chi connectivity index (χ4n) is 3.15. The maximum absolute atomic E-state index is 12.9. The molecule has 0 aliphatic carbocycles. The number of sulfone groups is 1. The molecule has 0 saturated carbocycles. The normalized spacial score (nSPS) is 11.5. The molecule has 0 unspecified atom stereocenters. The first-order valence-corrected chi connectivity index (χ1v) is 12.1. The van der Waals surface area contributed by atoms with Crippen LogP contribution in [0.4, 0.5) is 0 Å². The van der Waals surface area contributed by atoms with Crippen molar-refractivity contribution in [3.05, 3.63) is 102 Å². The number of benzene rings is 3. The van der Waals surface area contributed by atoms with Gasteiger partial charge in [-0.25, -0.2) is 8.42 Å². The fourth-order valence-corrected chi connectivity index (χ4v) is 5.33. The first-order valence-electron chi connectivity index (χ1n) is 9.49. The van der Waals surface area contributed by atoms with Crippen molar-refractivity contribution in [3.8, 4) is 5.69 Å². The van der Waals surface area contributed by atoms with Crippen LogP contribution in [0.25, 0.3) is 5.69 Å². The Morgan fingerprint density at radius 2 is 1.57 bits per heavy atom. The molecule has 5 nitrogen and oxygen atoms in total. The molecule has 0 bridgehead atoms. The lowest BCUT2D eigenvalue weighted by Crippen LogP contribution is -2.11. The summed E-state index contributed by atoms with van der Waals surface area (Å²) < 4.78 is 27.7. The van der Waals surface area contributed by atoms with Crippen LogP contribution in [-0.4, -0.2) is 23.2 Å². The number of hydrogen-bond acceptors (Lipinski definition) is 5. The predicted molar refractivity (Wildman–Crippen MR) is 119 cm³/mol. The van der Waals surface area contributed by atoms with Crippen LogP contribution in [0.2, 0.25) is 0 Å². The third kappa shape index (κ3) is 4.63. The Balaban J connectivity index is 1.67. The van der Waals surface area contributed by atoms with Crippen LogP contribution in [0.3, 0.4) is 0 Å². The van der Waals surface area contributed by atoms with Crippen LogP contribution < -0.4 is 0 Å². The largest absolute Gasteiger partial charge is 0.273 e. The maximum Gasteiger partial charge on any atom is 0.196 e. The number of rotatable bonds is 7. The Labute approximate surface area is 180 Å². The van der Waals surface area contributed by atoms with E-state index >= 15 is 0 Å². The van der Waals surface area contributed by atoms with E-state index in [2.05, 4.69) is 35.3 Å². The number of hydrogen-bond donors (Lipinski definition) is 0. The average Bonchev–Trinajstić information content (AvgIpc) is 3.15. The first kappa shape index (κ1) is 20.4. The summed E-state index contributed by atoms with van der Waals surface area (Å²) in [4.78, 5) is 0.279. The third-order valence-electron chi connectivity index (χ3n) is 4.59. The minimum absolute atomic E-state index is 0.218. The smallest absolute Gasteiger partial charge is 0.196 e. The number of aryl methyl sites for hydroxylation is 1. The van der Waals surface area contributed by atoms with E-state index < -0.39 is 9.84 Å². The standard InChI is InChI=1S/C23H21N3O2S2/c1-18-9-8-10-19(15-18)16-29-23-25-24-22(26(23)20-11-4-2-5-12-20)17-30(27,28)21-13-6-3-7-14-21/h2-15H,16-17H2,1H3. The summed E-state index contributed by atoms with van der Waals surface area (Å²) in [6.07, 6.45) is 0. The summed E-state index contributed by atoms with van der Waals surface area (Å²) in [5.41, 5.74) is 3.22. The minimum atomic E-state index is -3.54. The molecule has 7 heteroatoms. The Morgan fingerprint density at radius 3 is 2.27 bits per heavy atom. The number of aromatic nitrogens is 3. The Morgan fingerprint density at radius 1 is 0.867 bits per heavy atom. The molecule has 0 fully saturated rings. The van der Waals surface area contributed by atoms with E-state index in [1.807, 2.05) is 41.0 Å². The third-order valence-corrected chi connectivity index (χ3v) is 7.22. The van der Waals surface area contributed by atoms with Crippen LogP contribution in [0.5, 0.6) is 0 Å². The average molecular weight is 436 g/mol. The molecule has 0 spiro atoms. The van der Waals surface area contributed by atoms with Crippen molar-refractivity contribution < 1.29 is 8.42 Å². The molecule has 0 aliphatic heterocycles. The van der Waals surface area contributed by atoms with Gasteiger partial charge >= 0.3 is 0 Å². The van der Waals surface area contributed by atoms with Gasteiger partial charge in [-0.2, -0.15) is 0 Å². The molecule has 1 aromatic heterocycles. The van der Waals surface area contributed by atoms with E-state index in [4.69, 9.17) is 0 Å². The SMILES string of the molecule is Cc1cccc(CSc2nnc(CS(=O)(=O)c3ccccc3)n2-c2ccccc2)c1. The second-order valence-electron chi connectivity index (χ2n) is 6.92. The van der Waals surface area contributed by atoms with Crippen LogP contribution in [0.1, 0.15) is 17.0 Å². The molecule has 0 saturated heterocycles. The molecule has 0 radical (unpaired) electrons. The lowest BCUT2D eigenvalue weighted by atomic mass is 10.2. The highest BCUT2D eigenvalue weighted by molar-refractivity contribution is 7.98. The predicted octanol–water partition coefficient (Wildman–Crippen LogP) is 4.84. The molecule has 0 atom stereocenters. The Kier molecular flexibility index (Phi) is 6.01. The Hall–Kier alpha value is -2.90. The molecule has 4 rings (SSSR count). The number of thioether (sulfide) groups is 1. The Bertz CT molecular complexity index is 1240. The van der Waals surface area contributed by atoms with Gasteiger partial charge in [-0.1, -0.05) is 78.0 Å². The van der Waals surface area contributed by atoms with Crippen molar-refractivity contribution in [1.29, 1.82) is 0 Å². The van der Waals surface area contributed by atoms with Crippen molar-refractivity contribution in [2.24, 2.45) is 0 Å². The van der Waals surface area contributed by atoms with E-state index in [-0.39, 0.29) is 10.6 Å². The van der Waals surface area contributed by atoms with Gasteiger partial charge in [-0.15, -0.1) is 10.2 Å². The van der Waals surface area contributed by atoms with Crippen molar-refractivity contribution in [2.45, 2.75) is 28.5 Å². The molecule has 30 heavy (non-hydrogen) atoms. The molecule has 0 amide bonds. The number of para-hydroxylation sites is 1. The van der Waals surface area contributed by atoms with Gasteiger partial charge in [-0.3, -0.25) is 4.57 Å². The second kappa shape index (κ2) is 8.85. The molecule has 1 heterocycles. The second-order valence-corrected chi connectivity index (χ2v) is 9.85. The lowest BCUT2D eigenvalue weighted by molar-refractivity contribution is 0.593. The summed E-state index contributed by atoms with van der Waals surface area (Å²) in [5.74, 6) is 0.902. The van der Waals surface area contributed by atoms with E-state index in [0.29, 0.717) is 11.0 Å². The van der Waals surface area contributed by atoms with Crippen LogP contribution in [0, 0.1) is 6.92 Å². The first-order chi connectivity index (χ1) is 14.5. The van der Waals surface area contributed by atoms with Gasteiger partial charge < -0.3 is 0 Å². The summed E-state index contributed by atoms with van der Waals surface area (Å²) >= 11 is 1.54. The van der Waals surface area contributed by atoms with Crippen molar-refractivity contribution >= 4 is 21.6 Å². The van der Waals surface area contributed by atoms with Crippen LogP contribution in [0.15, 0.2) is 95.0 Å². The van der Waals surface area contributed by atoms with E-state index in [1.54, 1.807) is 42.1 Å². The highest BCUT2D eigenvalue weighted by atomic mass is 32.2. The van der Waals surface area contributed by atoms with Gasteiger partial charge in [0.05, 0.1) is 4.90 Å². The van der Waals surface area contributed by atoms with Crippen LogP contribution >= 0.6 is 11.8 Å². The topological polar surface area (TPSA) is 64.8 Å². The lowest BCUT2D eigenvalue weighted by Gasteiger charge is -2.11. The zero-order chi connectivity index (χ0) is 21.0. The maximum atomic E-state index is 12.9. The summed E-state index contributed by atoms with van der Waals surface area (Å²) in [6, 6.07) is 26.4. The molecule has 0 N–H and O–H groups in total. The molecular weight excluding hydrogens is 414 g/mol. The zero-order valence-corrected chi connectivity index (χ0v) is 18.1. The van der Waals surface area contributed by atoms with Gasteiger partial charge in [0.25, 0.3) is 0 Å². The minimum Gasteiger partial charge on any atom is -0.273 e. The molecule has 3 aromatic carbocycles. The molecule has 4 aromatic rings. The van der Waals surface area contributed by atoms with Gasteiger partial charge in [0.15, 0.2) is 20.8 Å². The van der Waals surface area contributed by atoms with Crippen molar-refractivity contribution in [2.75, 3.05) is 0 Å². The zero-order valence-electron chi connectivity index (χ0n) is 16.5. The van der Waals surface area contributed by atoms with Gasteiger partial charge in [-0.05, 0) is 36.8 Å². The summed E-state index contributed by atoms with van der Waals surface area (Å²) in [6.45, 7) is 2.06. The molecule has 0 aliphatic rings. The highest BCUT2D eigenvalue weighted by Crippen LogP contribution is 2.27. The highest BCUT2D eigenvalue weighted by Gasteiger charge is 2.22. The van der Waals surface area contributed by atoms with E-state index in [0.717, 1.165) is 11.4 Å².